The van der Waals surface area contributed by atoms with Crippen molar-refractivity contribution in [2.75, 3.05) is 6.54 Å². The molecule has 4 rings (SSSR count). The molecule has 1 atom stereocenters. The average Bonchev–Trinajstić information content (AvgIpc) is 3.32. The van der Waals surface area contributed by atoms with Crippen LogP contribution in [0.15, 0.2) is 52.0 Å². The van der Waals surface area contributed by atoms with Crippen molar-refractivity contribution >= 4 is 32.9 Å². The van der Waals surface area contributed by atoms with Crippen LogP contribution in [-0.4, -0.2) is 16.5 Å². The topological polar surface area (TPSA) is 57.8 Å². The van der Waals surface area contributed by atoms with Gasteiger partial charge in [0.2, 0.25) is 0 Å². The molecule has 0 bridgehead atoms. The van der Waals surface area contributed by atoms with Gasteiger partial charge in [0.25, 0.3) is 5.56 Å². The molecule has 3 aromatic heterocycles. The Morgan fingerprint density at radius 3 is 2.78 bits per heavy atom. The first-order valence-corrected chi connectivity index (χ1v) is 10.4. The second-order valence-electron chi connectivity index (χ2n) is 6.31. The zero-order valence-electron chi connectivity index (χ0n) is 14.7. The Morgan fingerprint density at radius 2 is 2.04 bits per heavy atom. The third-order valence-corrected chi connectivity index (χ3v) is 6.21. The Hall–Kier alpha value is -2.35. The molecule has 0 spiro atoms. The summed E-state index contributed by atoms with van der Waals surface area (Å²) in [5.74, 6) is 0.402. The zero-order valence-corrected chi connectivity index (χ0v) is 16.3. The van der Waals surface area contributed by atoms with E-state index in [1.165, 1.54) is 23.5 Å². The molecule has 0 aliphatic heterocycles. The SMILES string of the molecule is C[C@H](NCCc1ccc(F)cc1)c1nc2scc(-c3cccs3)c2c(=O)[nH]1. The molecule has 0 saturated heterocycles. The Bertz CT molecular complexity index is 1100. The molecule has 0 saturated carbocycles. The van der Waals surface area contributed by atoms with Gasteiger partial charge in [-0.25, -0.2) is 9.37 Å². The molecular weight excluding hydrogens is 381 g/mol. The lowest BCUT2D eigenvalue weighted by molar-refractivity contribution is 0.549. The van der Waals surface area contributed by atoms with Gasteiger partial charge in [0.05, 0.1) is 11.4 Å². The summed E-state index contributed by atoms with van der Waals surface area (Å²) in [6.45, 7) is 2.68. The molecule has 0 aliphatic carbocycles. The highest BCUT2D eigenvalue weighted by Crippen LogP contribution is 2.33. The van der Waals surface area contributed by atoms with Crippen LogP contribution in [0.4, 0.5) is 4.39 Å². The molecule has 1 aromatic carbocycles. The molecule has 0 fully saturated rings. The fraction of sp³-hybridized carbons (Fsp3) is 0.200. The lowest BCUT2D eigenvalue weighted by Gasteiger charge is -2.13. The van der Waals surface area contributed by atoms with E-state index < -0.39 is 0 Å². The second-order valence-corrected chi connectivity index (χ2v) is 8.12. The van der Waals surface area contributed by atoms with Crippen LogP contribution in [0, 0.1) is 5.82 Å². The van der Waals surface area contributed by atoms with Gasteiger partial charge in [-0.15, -0.1) is 22.7 Å². The predicted molar refractivity (Wildman–Crippen MR) is 110 cm³/mol. The van der Waals surface area contributed by atoms with Gasteiger partial charge in [-0.1, -0.05) is 18.2 Å². The summed E-state index contributed by atoms with van der Waals surface area (Å²) in [5, 5.41) is 8.02. The maximum atomic E-state index is 13.0. The number of halogens is 1. The Labute approximate surface area is 163 Å². The molecule has 27 heavy (non-hydrogen) atoms. The van der Waals surface area contributed by atoms with E-state index in [1.807, 2.05) is 29.8 Å². The minimum Gasteiger partial charge on any atom is -0.309 e. The number of hydrogen-bond donors (Lipinski definition) is 2. The van der Waals surface area contributed by atoms with Crippen LogP contribution in [0.5, 0.6) is 0 Å². The molecule has 0 radical (unpaired) electrons. The van der Waals surface area contributed by atoms with Crippen molar-refractivity contribution < 1.29 is 4.39 Å². The maximum Gasteiger partial charge on any atom is 0.260 e. The smallest absolute Gasteiger partial charge is 0.260 e. The van der Waals surface area contributed by atoms with Crippen LogP contribution < -0.4 is 10.9 Å². The van der Waals surface area contributed by atoms with Gasteiger partial charge in [0.15, 0.2) is 0 Å². The number of rotatable bonds is 6. The van der Waals surface area contributed by atoms with Crippen molar-refractivity contribution in [1.82, 2.24) is 15.3 Å². The highest BCUT2D eigenvalue weighted by Gasteiger charge is 2.16. The predicted octanol–water partition coefficient (Wildman–Crippen LogP) is 4.75. The quantitative estimate of drug-likeness (QED) is 0.492. The van der Waals surface area contributed by atoms with Crippen molar-refractivity contribution in [2.24, 2.45) is 0 Å². The van der Waals surface area contributed by atoms with E-state index in [0.717, 1.165) is 27.3 Å². The Balaban J connectivity index is 1.50. The van der Waals surface area contributed by atoms with E-state index in [1.54, 1.807) is 23.5 Å². The normalized spacial score (nSPS) is 12.5. The summed E-state index contributed by atoms with van der Waals surface area (Å²) in [6.07, 6.45) is 0.776. The van der Waals surface area contributed by atoms with Gasteiger partial charge in [-0.2, -0.15) is 0 Å². The van der Waals surface area contributed by atoms with Crippen molar-refractivity contribution in [3.8, 4) is 10.4 Å². The minimum absolute atomic E-state index is 0.0881. The van der Waals surface area contributed by atoms with E-state index in [0.29, 0.717) is 17.8 Å². The number of aromatic nitrogens is 2. The molecule has 138 valence electrons. The number of nitrogens with one attached hydrogen (secondary N) is 2. The third-order valence-electron chi connectivity index (χ3n) is 4.44. The summed E-state index contributed by atoms with van der Waals surface area (Å²) in [4.78, 5) is 22.1. The van der Waals surface area contributed by atoms with Gasteiger partial charge in [-0.3, -0.25) is 4.79 Å². The van der Waals surface area contributed by atoms with Crippen LogP contribution >= 0.6 is 22.7 Å². The van der Waals surface area contributed by atoms with Gasteiger partial charge in [-0.05, 0) is 49.0 Å². The number of thiophene rings is 2. The molecule has 0 aliphatic rings. The molecule has 3 heterocycles. The second kappa shape index (κ2) is 7.72. The van der Waals surface area contributed by atoms with E-state index in [4.69, 9.17) is 0 Å². The van der Waals surface area contributed by atoms with Crippen LogP contribution in [-0.2, 0) is 6.42 Å². The summed E-state index contributed by atoms with van der Waals surface area (Å²) < 4.78 is 13.0. The van der Waals surface area contributed by atoms with Gasteiger partial charge < -0.3 is 10.3 Å². The lowest BCUT2D eigenvalue weighted by Crippen LogP contribution is -2.25. The summed E-state index contributed by atoms with van der Waals surface area (Å²) >= 11 is 3.11. The highest BCUT2D eigenvalue weighted by atomic mass is 32.1. The first-order chi connectivity index (χ1) is 13.1. The van der Waals surface area contributed by atoms with Crippen molar-refractivity contribution in [3.05, 3.63) is 74.7 Å². The van der Waals surface area contributed by atoms with Crippen LogP contribution in [0.2, 0.25) is 0 Å². The van der Waals surface area contributed by atoms with E-state index in [2.05, 4.69) is 15.3 Å². The number of benzene rings is 1. The largest absolute Gasteiger partial charge is 0.309 e. The van der Waals surface area contributed by atoms with Gasteiger partial charge >= 0.3 is 0 Å². The highest BCUT2D eigenvalue weighted by molar-refractivity contribution is 7.18. The zero-order chi connectivity index (χ0) is 18.8. The molecule has 7 heteroatoms. The third kappa shape index (κ3) is 3.85. The lowest BCUT2D eigenvalue weighted by atomic mass is 10.1. The number of aromatic amines is 1. The maximum absolute atomic E-state index is 13.0. The average molecular weight is 400 g/mol. The van der Waals surface area contributed by atoms with E-state index >= 15 is 0 Å². The molecule has 2 N–H and O–H groups in total. The van der Waals surface area contributed by atoms with Crippen molar-refractivity contribution in [1.29, 1.82) is 0 Å². The standard InChI is InChI=1S/C20H18FN3OS2/c1-12(22-9-8-13-4-6-14(21)7-5-13)18-23-19(25)17-15(11-27-20(17)24-18)16-3-2-10-26-16/h2-7,10-12,22H,8-9H2,1H3,(H,23,24,25)/t12-/m0/s1. The van der Waals surface area contributed by atoms with Gasteiger partial charge in [0, 0.05) is 15.8 Å². The molecule has 0 unspecified atom stereocenters. The summed E-state index contributed by atoms with van der Waals surface area (Å²) in [7, 11) is 0. The number of hydrogen-bond acceptors (Lipinski definition) is 5. The minimum atomic E-state index is -0.229. The number of fused-ring (bicyclic) bond motifs is 1. The van der Waals surface area contributed by atoms with E-state index in [-0.39, 0.29) is 17.4 Å². The summed E-state index contributed by atoms with van der Waals surface area (Å²) in [6, 6.07) is 10.4. The molecule has 0 amide bonds. The van der Waals surface area contributed by atoms with Crippen molar-refractivity contribution in [2.45, 2.75) is 19.4 Å². The Morgan fingerprint density at radius 1 is 1.22 bits per heavy atom. The molecular formula is C20H18FN3OS2. The number of nitrogens with zero attached hydrogens (tertiary/aromatic N) is 1. The molecule has 4 nitrogen and oxygen atoms in total. The van der Waals surface area contributed by atoms with Crippen molar-refractivity contribution in [3.63, 3.8) is 0 Å². The first kappa shape index (κ1) is 18.0. The first-order valence-electron chi connectivity index (χ1n) is 8.65. The van der Waals surface area contributed by atoms with Crippen LogP contribution in [0.1, 0.15) is 24.4 Å². The van der Waals surface area contributed by atoms with Crippen LogP contribution in [0.3, 0.4) is 0 Å². The molecule has 4 aromatic rings. The monoisotopic (exact) mass is 399 g/mol. The fourth-order valence-corrected chi connectivity index (χ4v) is 4.73. The van der Waals surface area contributed by atoms with E-state index in [9.17, 15) is 9.18 Å². The summed E-state index contributed by atoms with van der Waals surface area (Å²) in [5.41, 5.74) is 1.90. The fourth-order valence-electron chi connectivity index (χ4n) is 2.96. The van der Waals surface area contributed by atoms with Gasteiger partial charge in [0.1, 0.15) is 16.5 Å². The van der Waals surface area contributed by atoms with Crippen LogP contribution in [0.25, 0.3) is 20.7 Å². The Kier molecular flexibility index (Phi) is 5.15. The number of H-pyrrole nitrogens is 1.